The summed E-state index contributed by atoms with van der Waals surface area (Å²) in [6.07, 6.45) is 5.07. The van der Waals surface area contributed by atoms with Crippen molar-refractivity contribution < 1.29 is 5.11 Å². The molecule has 3 heterocycles. The zero-order valence-corrected chi connectivity index (χ0v) is 12.3. The van der Waals surface area contributed by atoms with Gasteiger partial charge in [-0.05, 0) is 18.9 Å². The molecule has 0 spiro atoms. The van der Waals surface area contributed by atoms with Crippen molar-refractivity contribution in [2.24, 2.45) is 0 Å². The molecule has 0 atom stereocenters. The Balaban J connectivity index is 1.75. The fraction of sp³-hybridized carbons (Fsp3) is 0.294. The second-order valence-corrected chi connectivity index (χ2v) is 5.69. The Bertz CT molecular complexity index is 776. The molecule has 4 rings (SSSR count). The first kappa shape index (κ1) is 13.3. The number of benzene rings is 1. The van der Waals surface area contributed by atoms with Crippen molar-refractivity contribution in [3.8, 4) is 11.3 Å². The monoisotopic (exact) mass is 294 g/mol. The lowest BCUT2D eigenvalue weighted by Gasteiger charge is -2.30. The first-order chi connectivity index (χ1) is 10.8. The molecular weight excluding hydrogens is 276 g/mol. The van der Waals surface area contributed by atoms with E-state index in [9.17, 15) is 5.11 Å². The van der Waals surface area contributed by atoms with E-state index in [4.69, 9.17) is 0 Å². The fourth-order valence-corrected chi connectivity index (χ4v) is 2.98. The minimum atomic E-state index is -0.180. The lowest BCUT2D eigenvalue weighted by atomic mass is 10.1. The molecule has 1 aromatic carbocycles. The number of piperidine rings is 1. The number of hydrogen-bond donors (Lipinski definition) is 1. The fourth-order valence-electron chi connectivity index (χ4n) is 2.98. The van der Waals surface area contributed by atoms with E-state index in [0.29, 0.717) is 0 Å². The maximum atomic E-state index is 9.68. The summed E-state index contributed by atoms with van der Waals surface area (Å²) in [6, 6.07) is 12.3. The SMILES string of the molecule is OC1CCN(c2nccn3nc(-c4ccccc4)cc23)CC1. The zero-order chi connectivity index (χ0) is 14.9. The van der Waals surface area contributed by atoms with E-state index >= 15 is 0 Å². The third kappa shape index (κ3) is 2.33. The first-order valence-electron chi connectivity index (χ1n) is 7.64. The van der Waals surface area contributed by atoms with Crippen LogP contribution in [0.3, 0.4) is 0 Å². The van der Waals surface area contributed by atoms with Gasteiger partial charge in [0.1, 0.15) is 5.52 Å². The van der Waals surface area contributed by atoms with Crippen LogP contribution >= 0.6 is 0 Å². The van der Waals surface area contributed by atoms with Gasteiger partial charge in [-0.25, -0.2) is 9.50 Å². The summed E-state index contributed by atoms with van der Waals surface area (Å²) in [7, 11) is 0. The largest absolute Gasteiger partial charge is 0.393 e. The predicted octanol–water partition coefficient (Wildman–Crippen LogP) is 2.36. The average Bonchev–Trinajstić information content (AvgIpc) is 3.01. The summed E-state index contributed by atoms with van der Waals surface area (Å²) < 4.78 is 1.88. The Morgan fingerprint density at radius 1 is 1.09 bits per heavy atom. The molecule has 1 N–H and O–H groups in total. The lowest BCUT2D eigenvalue weighted by Crippen LogP contribution is -2.36. The molecule has 5 nitrogen and oxygen atoms in total. The van der Waals surface area contributed by atoms with Crippen molar-refractivity contribution in [3.63, 3.8) is 0 Å². The summed E-state index contributed by atoms with van der Waals surface area (Å²) in [6.45, 7) is 1.67. The molecule has 0 amide bonds. The molecule has 5 heteroatoms. The third-order valence-corrected chi connectivity index (χ3v) is 4.20. The predicted molar refractivity (Wildman–Crippen MR) is 85.9 cm³/mol. The minimum Gasteiger partial charge on any atom is -0.393 e. The summed E-state index contributed by atoms with van der Waals surface area (Å²) in [5.74, 6) is 0.948. The Morgan fingerprint density at radius 3 is 2.64 bits per heavy atom. The number of aliphatic hydroxyl groups excluding tert-OH is 1. The summed E-state index contributed by atoms with van der Waals surface area (Å²) in [4.78, 5) is 6.78. The van der Waals surface area contributed by atoms with Gasteiger partial charge < -0.3 is 10.0 Å². The maximum absolute atomic E-state index is 9.68. The van der Waals surface area contributed by atoms with Crippen molar-refractivity contribution in [3.05, 3.63) is 48.8 Å². The second-order valence-electron chi connectivity index (χ2n) is 5.69. The van der Waals surface area contributed by atoms with Gasteiger partial charge in [-0.15, -0.1) is 0 Å². The van der Waals surface area contributed by atoms with E-state index in [1.165, 1.54) is 0 Å². The average molecular weight is 294 g/mol. The Hall–Kier alpha value is -2.40. The van der Waals surface area contributed by atoms with Crippen LogP contribution in [0.25, 0.3) is 16.8 Å². The Labute approximate surface area is 128 Å². The highest BCUT2D eigenvalue weighted by Crippen LogP contribution is 2.26. The van der Waals surface area contributed by atoms with Crippen molar-refractivity contribution in [2.75, 3.05) is 18.0 Å². The molecule has 1 saturated heterocycles. The smallest absolute Gasteiger partial charge is 0.154 e. The third-order valence-electron chi connectivity index (χ3n) is 4.20. The van der Waals surface area contributed by atoms with Gasteiger partial charge in [-0.1, -0.05) is 30.3 Å². The minimum absolute atomic E-state index is 0.180. The van der Waals surface area contributed by atoms with Crippen molar-refractivity contribution >= 4 is 11.3 Å². The maximum Gasteiger partial charge on any atom is 0.154 e. The molecular formula is C17H18N4O. The highest BCUT2D eigenvalue weighted by molar-refractivity contribution is 5.75. The number of aliphatic hydroxyl groups is 1. The molecule has 0 bridgehead atoms. The standard InChI is InChI=1S/C17H18N4O/c22-14-6-9-20(10-7-14)17-16-12-15(13-4-2-1-3-5-13)19-21(16)11-8-18-17/h1-5,8,11-12,14,22H,6-7,9-10H2. The van der Waals surface area contributed by atoms with Crippen LogP contribution in [-0.4, -0.2) is 38.9 Å². The van der Waals surface area contributed by atoms with Gasteiger partial charge in [-0.2, -0.15) is 5.10 Å². The number of anilines is 1. The van der Waals surface area contributed by atoms with Crippen molar-refractivity contribution in [2.45, 2.75) is 18.9 Å². The molecule has 0 saturated carbocycles. The van der Waals surface area contributed by atoms with E-state index in [1.807, 2.05) is 28.9 Å². The number of hydrogen-bond acceptors (Lipinski definition) is 4. The van der Waals surface area contributed by atoms with Gasteiger partial charge in [0.25, 0.3) is 0 Å². The topological polar surface area (TPSA) is 53.7 Å². The number of rotatable bonds is 2. The van der Waals surface area contributed by atoms with E-state index in [-0.39, 0.29) is 6.10 Å². The molecule has 0 radical (unpaired) electrons. The van der Waals surface area contributed by atoms with Crippen LogP contribution in [0.1, 0.15) is 12.8 Å². The van der Waals surface area contributed by atoms with Crippen LogP contribution in [0.4, 0.5) is 5.82 Å². The van der Waals surface area contributed by atoms with Gasteiger partial charge in [0.2, 0.25) is 0 Å². The molecule has 22 heavy (non-hydrogen) atoms. The van der Waals surface area contributed by atoms with Crippen LogP contribution < -0.4 is 4.90 Å². The molecule has 1 aliphatic heterocycles. The zero-order valence-electron chi connectivity index (χ0n) is 12.3. The Kier molecular flexibility index (Phi) is 3.27. The van der Waals surface area contributed by atoms with Crippen LogP contribution in [0.5, 0.6) is 0 Å². The van der Waals surface area contributed by atoms with Crippen molar-refractivity contribution in [1.82, 2.24) is 14.6 Å². The molecule has 3 aromatic rings. The summed E-state index contributed by atoms with van der Waals surface area (Å²) >= 11 is 0. The van der Waals surface area contributed by atoms with E-state index < -0.39 is 0 Å². The number of fused-ring (bicyclic) bond motifs is 1. The lowest BCUT2D eigenvalue weighted by molar-refractivity contribution is 0.145. The highest BCUT2D eigenvalue weighted by atomic mass is 16.3. The highest BCUT2D eigenvalue weighted by Gasteiger charge is 2.20. The molecule has 0 unspecified atom stereocenters. The quantitative estimate of drug-likeness (QED) is 0.788. The van der Waals surface area contributed by atoms with Gasteiger partial charge in [0, 0.05) is 31.0 Å². The van der Waals surface area contributed by atoms with E-state index in [0.717, 1.165) is 48.5 Å². The van der Waals surface area contributed by atoms with Crippen LogP contribution in [0.15, 0.2) is 48.8 Å². The molecule has 0 aliphatic carbocycles. The van der Waals surface area contributed by atoms with Crippen LogP contribution in [0.2, 0.25) is 0 Å². The van der Waals surface area contributed by atoms with Gasteiger partial charge >= 0.3 is 0 Å². The van der Waals surface area contributed by atoms with E-state index in [2.05, 4.69) is 33.2 Å². The van der Waals surface area contributed by atoms with Crippen LogP contribution in [-0.2, 0) is 0 Å². The molecule has 2 aromatic heterocycles. The first-order valence-corrected chi connectivity index (χ1v) is 7.64. The van der Waals surface area contributed by atoms with E-state index in [1.54, 1.807) is 6.20 Å². The normalized spacial score (nSPS) is 16.3. The molecule has 1 fully saturated rings. The van der Waals surface area contributed by atoms with Crippen molar-refractivity contribution in [1.29, 1.82) is 0 Å². The number of nitrogens with zero attached hydrogens (tertiary/aromatic N) is 4. The molecule has 1 aliphatic rings. The Morgan fingerprint density at radius 2 is 1.86 bits per heavy atom. The van der Waals surface area contributed by atoms with Gasteiger partial charge in [-0.3, -0.25) is 0 Å². The van der Waals surface area contributed by atoms with Gasteiger partial charge in [0.15, 0.2) is 5.82 Å². The summed E-state index contributed by atoms with van der Waals surface area (Å²) in [5, 5.41) is 14.3. The van der Waals surface area contributed by atoms with Gasteiger partial charge in [0.05, 0.1) is 11.8 Å². The summed E-state index contributed by atoms with van der Waals surface area (Å²) in [5.41, 5.74) is 3.07. The second kappa shape index (κ2) is 5.42. The molecule has 112 valence electrons. The number of aromatic nitrogens is 3. The van der Waals surface area contributed by atoms with Crippen LogP contribution in [0, 0.1) is 0 Å².